The molecule has 0 saturated carbocycles. The fourth-order valence-electron chi connectivity index (χ4n) is 3.03. The molecule has 2 heterocycles. The van der Waals surface area contributed by atoms with Gasteiger partial charge >= 0.3 is 0 Å². The Bertz CT molecular complexity index is 1050. The maximum absolute atomic E-state index is 12.4. The van der Waals surface area contributed by atoms with Gasteiger partial charge in [0.1, 0.15) is 5.25 Å². The van der Waals surface area contributed by atoms with E-state index < -0.39 is 5.25 Å². The fraction of sp³-hybridized carbons (Fsp3) is 0.105. The number of likely N-dealkylation sites (N-methyl/N-ethyl adjacent to an activating group) is 1. The van der Waals surface area contributed by atoms with E-state index in [1.165, 1.54) is 11.9 Å². The number of hydrogen-bond acceptors (Lipinski definition) is 4. The maximum atomic E-state index is 12.4. The molecule has 0 aliphatic carbocycles. The summed E-state index contributed by atoms with van der Waals surface area (Å²) in [4.78, 5) is 25.4. The molecule has 25 heavy (non-hydrogen) atoms. The number of thioether (sulfide) groups is 1. The van der Waals surface area contributed by atoms with Crippen LogP contribution in [-0.4, -0.2) is 27.7 Å². The monoisotopic (exact) mass is 347 g/mol. The third-order valence-electron chi connectivity index (χ3n) is 4.37. The molecular formula is C19H13N3O2S. The van der Waals surface area contributed by atoms with Crippen LogP contribution in [0.25, 0.3) is 16.6 Å². The molecule has 4 rings (SSSR count). The van der Waals surface area contributed by atoms with E-state index in [2.05, 4.69) is 6.07 Å². The Hall–Kier alpha value is -3.04. The number of aromatic nitrogens is 1. The molecule has 3 aromatic rings. The summed E-state index contributed by atoms with van der Waals surface area (Å²) in [6, 6.07) is 17.2. The van der Waals surface area contributed by atoms with Gasteiger partial charge in [-0.15, -0.1) is 0 Å². The maximum Gasteiger partial charge on any atom is 0.289 e. The average molecular weight is 347 g/mol. The van der Waals surface area contributed by atoms with Crippen molar-refractivity contribution < 1.29 is 9.59 Å². The van der Waals surface area contributed by atoms with Crippen LogP contribution < -0.4 is 0 Å². The molecule has 1 saturated heterocycles. The first-order valence-electron chi connectivity index (χ1n) is 7.69. The highest BCUT2D eigenvalue weighted by atomic mass is 32.2. The van der Waals surface area contributed by atoms with Crippen LogP contribution in [0.1, 0.15) is 16.4 Å². The Labute approximate surface area is 148 Å². The Morgan fingerprint density at radius 2 is 1.84 bits per heavy atom. The zero-order valence-electron chi connectivity index (χ0n) is 13.3. The average Bonchev–Trinajstić information content (AvgIpc) is 3.18. The molecule has 0 spiro atoms. The second kappa shape index (κ2) is 5.80. The van der Waals surface area contributed by atoms with Gasteiger partial charge in [-0.05, 0) is 53.7 Å². The van der Waals surface area contributed by atoms with Crippen molar-refractivity contribution in [2.24, 2.45) is 0 Å². The van der Waals surface area contributed by atoms with E-state index in [0.29, 0.717) is 5.56 Å². The lowest BCUT2D eigenvalue weighted by Gasteiger charge is -2.11. The van der Waals surface area contributed by atoms with E-state index in [1.54, 1.807) is 12.1 Å². The molecule has 1 aromatic heterocycles. The number of benzene rings is 2. The summed E-state index contributed by atoms with van der Waals surface area (Å²) < 4.78 is 2.01. The summed E-state index contributed by atoms with van der Waals surface area (Å²) in [6.07, 6.45) is 1.94. The number of fused-ring (bicyclic) bond motifs is 1. The minimum absolute atomic E-state index is 0.186. The van der Waals surface area contributed by atoms with E-state index in [1.807, 2.05) is 47.2 Å². The molecule has 6 heteroatoms. The van der Waals surface area contributed by atoms with Gasteiger partial charge in [0.25, 0.3) is 5.24 Å². The summed E-state index contributed by atoms with van der Waals surface area (Å²) in [7, 11) is 1.51. The molecule has 5 nitrogen and oxygen atoms in total. The molecule has 1 unspecified atom stereocenters. The summed E-state index contributed by atoms with van der Waals surface area (Å²) in [6.45, 7) is 0. The van der Waals surface area contributed by atoms with Crippen LogP contribution in [0, 0.1) is 11.3 Å². The van der Waals surface area contributed by atoms with Crippen LogP contribution in [0.4, 0.5) is 4.79 Å². The Kier molecular flexibility index (Phi) is 3.59. The van der Waals surface area contributed by atoms with E-state index in [9.17, 15) is 9.59 Å². The molecule has 1 aliphatic rings. The van der Waals surface area contributed by atoms with E-state index in [4.69, 9.17) is 5.26 Å². The molecule has 1 fully saturated rings. The molecule has 122 valence electrons. The molecular weight excluding hydrogens is 334 g/mol. The zero-order valence-corrected chi connectivity index (χ0v) is 14.2. The lowest BCUT2D eigenvalue weighted by atomic mass is 10.1. The summed E-state index contributed by atoms with van der Waals surface area (Å²) in [5, 5.41) is 9.15. The van der Waals surface area contributed by atoms with Gasteiger partial charge in [-0.3, -0.25) is 14.5 Å². The minimum Gasteiger partial charge on any atom is -0.317 e. The second-order valence-electron chi connectivity index (χ2n) is 5.79. The number of rotatable bonds is 2. The highest BCUT2D eigenvalue weighted by Gasteiger charge is 2.39. The SMILES string of the molecule is CN1C(=O)SC(c2cccc3c2ccn3-c2ccc(C#N)cc2)C1=O. The smallest absolute Gasteiger partial charge is 0.289 e. The van der Waals surface area contributed by atoms with Gasteiger partial charge in [0.2, 0.25) is 5.91 Å². The van der Waals surface area contributed by atoms with Crippen LogP contribution in [0.3, 0.4) is 0 Å². The minimum atomic E-state index is -0.502. The molecule has 0 radical (unpaired) electrons. The number of nitriles is 1. The zero-order chi connectivity index (χ0) is 17.6. The Morgan fingerprint density at radius 1 is 1.08 bits per heavy atom. The van der Waals surface area contributed by atoms with Crippen LogP contribution in [0.2, 0.25) is 0 Å². The Morgan fingerprint density at radius 3 is 2.48 bits per heavy atom. The molecule has 1 aliphatic heterocycles. The van der Waals surface area contributed by atoms with Crippen molar-refractivity contribution in [3.63, 3.8) is 0 Å². The van der Waals surface area contributed by atoms with Gasteiger partial charge in [-0.2, -0.15) is 5.26 Å². The lowest BCUT2D eigenvalue weighted by Crippen LogP contribution is -2.24. The summed E-state index contributed by atoms with van der Waals surface area (Å²) in [5.41, 5.74) is 3.34. The van der Waals surface area contributed by atoms with Crippen molar-refractivity contribution in [1.82, 2.24) is 9.47 Å². The first-order valence-corrected chi connectivity index (χ1v) is 8.57. The first-order chi connectivity index (χ1) is 12.1. The number of hydrogen-bond donors (Lipinski definition) is 0. The third kappa shape index (κ3) is 2.41. The van der Waals surface area contributed by atoms with Crippen molar-refractivity contribution in [3.8, 4) is 11.8 Å². The van der Waals surface area contributed by atoms with Gasteiger partial charge in [0, 0.05) is 24.3 Å². The topological polar surface area (TPSA) is 66.1 Å². The second-order valence-corrected chi connectivity index (χ2v) is 6.84. The van der Waals surface area contributed by atoms with Gasteiger partial charge in [-0.1, -0.05) is 12.1 Å². The summed E-state index contributed by atoms with van der Waals surface area (Å²) >= 11 is 1.05. The van der Waals surface area contributed by atoms with Gasteiger partial charge in [-0.25, -0.2) is 0 Å². The van der Waals surface area contributed by atoms with Crippen LogP contribution in [0.5, 0.6) is 0 Å². The first kappa shape index (κ1) is 15.5. The normalized spacial score (nSPS) is 17.3. The molecule has 1 atom stereocenters. The standard InChI is InChI=1S/C19H13N3O2S/c1-21-18(23)17(25-19(21)24)15-3-2-4-16-14(15)9-10-22(16)13-7-5-12(11-20)6-8-13/h2-10,17H,1H3. The highest BCUT2D eigenvalue weighted by Crippen LogP contribution is 2.41. The van der Waals surface area contributed by atoms with Crippen LogP contribution in [0.15, 0.2) is 54.7 Å². The number of amides is 2. The van der Waals surface area contributed by atoms with E-state index in [-0.39, 0.29) is 11.1 Å². The third-order valence-corrected chi connectivity index (χ3v) is 5.54. The fourth-order valence-corrected chi connectivity index (χ4v) is 4.08. The number of carbonyl (C=O) groups is 2. The van der Waals surface area contributed by atoms with Crippen molar-refractivity contribution in [1.29, 1.82) is 5.26 Å². The van der Waals surface area contributed by atoms with Crippen molar-refractivity contribution in [2.45, 2.75) is 5.25 Å². The van der Waals surface area contributed by atoms with Gasteiger partial charge in [0.05, 0.1) is 17.1 Å². The lowest BCUT2D eigenvalue weighted by molar-refractivity contribution is -0.125. The number of carbonyl (C=O) groups excluding carboxylic acids is 2. The molecule has 2 amide bonds. The van der Waals surface area contributed by atoms with Crippen molar-refractivity contribution in [2.75, 3.05) is 7.05 Å². The van der Waals surface area contributed by atoms with Gasteiger partial charge in [0.15, 0.2) is 0 Å². The number of imide groups is 1. The highest BCUT2D eigenvalue weighted by molar-refractivity contribution is 8.15. The largest absolute Gasteiger partial charge is 0.317 e. The molecule has 0 bridgehead atoms. The van der Waals surface area contributed by atoms with Crippen molar-refractivity contribution >= 4 is 33.8 Å². The predicted molar refractivity (Wildman–Crippen MR) is 96.5 cm³/mol. The van der Waals surface area contributed by atoms with Gasteiger partial charge < -0.3 is 4.57 Å². The van der Waals surface area contributed by atoms with Crippen LogP contribution in [-0.2, 0) is 4.79 Å². The predicted octanol–water partition coefficient (Wildman–Crippen LogP) is 3.87. The van der Waals surface area contributed by atoms with E-state index >= 15 is 0 Å². The Balaban J connectivity index is 1.82. The summed E-state index contributed by atoms with van der Waals surface area (Å²) in [5.74, 6) is -0.186. The van der Waals surface area contributed by atoms with E-state index in [0.717, 1.165) is 33.9 Å². The molecule has 2 aromatic carbocycles. The molecule has 0 N–H and O–H groups in total. The quantitative estimate of drug-likeness (QED) is 0.706. The number of nitrogens with zero attached hydrogens (tertiary/aromatic N) is 3. The van der Waals surface area contributed by atoms with Crippen molar-refractivity contribution in [3.05, 3.63) is 65.9 Å². The van der Waals surface area contributed by atoms with Crippen LogP contribution >= 0.6 is 11.8 Å².